The highest BCUT2D eigenvalue weighted by Crippen LogP contribution is 2.19. The van der Waals surface area contributed by atoms with E-state index in [0.717, 1.165) is 25.9 Å². The summed E-state index contributed by atoms with van der Waals surface area (Å²) in [6.45, 7) is 5.45. The van der Waals surface area contributed by atoms with Gasteiger partial charge in [0.05, 0.1) is 0 Å². The Balaban J connectivity index is 1.73. The molecule has 6 heteroatoms. The van der Waals surface area contributed by atoms with Crippen molar-refractivity contribution < 1.29 is 14.1 Å². The third-order valence-corrected chi connectivity index (χ3v) is 4.19. The Bertz CT molecular complexity index is 753. The van der Waals surface area contributed by atoms with Gasteiger partial charge in [-0.3, -0.25) is 9.59 Å². The fraction of sp³-hybridized carbons (Fsp3) is 0.389. The number of carbonyl (C=O) groups is 2. The van der Waals surface area contributed by atoms with Crippen molar-refractivity contribution in [1.29, 1.82) is 0 Å². The number of carbonyl (C=O) groups excluding carboxylic acids is 2. The first-order valence-corrected chi connectivity index (χ1v) is 8.17. The SMILES string of the molecule is Cc1cc(NC(=O)c2cccc(C(=O)N3CCCC(C)C3)c2)no1. The van der Waals surface area contributed by atoms with E-state index in [1.807, 2.05) is 4.90 Å². The molecule has 1 aromatic carbocycles. The minimum Gasteiger partial charge on any atom is -0.360 e. The van der Waals surface area contributed by atoms with E-state index >= 15 is 0 Å². The lowest BCUT2D eigenvalue weighted by Gasteiger charge is -2.31. The molecule has 0 bridgehead atoms. The van der Waals surface area contributed by atoms with Crippen LogP contribution in [0.3, 0.4) is 0 Å². The molecule has 0 spiro atoms. The Morgan fingerprint density at radius 1 is 1.29 bits per heavy atom. The topological polar surface area (TPSA) is 75.4 Å². The Morgan fingerprint density at radius 2 is 2.08 bits per heavy atom. The van der Waals surface area contributed by atoms with Crippen molar-refractivity contribution in [2.24, 2.45) is 5.92 Å². The van der Waals surface area contributed by atoms with Gasteiger partial charge in [-0.05, 0) is 43.9 Å². The lowest BCUT2D eigenvalue weighted by atomic mass is 9.99. The van der Waals surface area contributed by atoms with Gasteiger partial charge in [0.2, 0.25) is 0 Å². The number of rotatable bonds is 3. The molecule has 6 nitrogen and oxygen atoms in total. The standard InChI is InChI=1S/C18H21N3O3/c1-12-5-4-8-21(11-12)18(23)15-7-3-6-14(10-15)17(22)19-16-9-13(2)24-20-16/h3,6-7,9-10,12H,4-5,8,11H2,1-2H3,(H,19,20,22). The number of nitrogens with zero attached hydrogens (tertiary/aromatic N) is 2. The summed E-state index contributed by atoms with van der Waals surface area (Å²) >= 11 is 0. The van der Waals surface area contributed by atoms with Crippen molar-refractivity contribution in [3.05, 3.63) is 47.2 Å². The highest BCUT2D eigenvalue weighted by atomic mass is 16.5. The van der Waals surface area contributed by atoms with Gasteiger partial charge in [0, 0.05) is 30.3 Å². The number of aryl methyl sites for hydroxylation is 1. The van der Waals surface area contributed by atoms with Crippen LogP contribution in [0.2, 0.25) is 0 Å². The molecule has 0 saturated carbocycles. The third-order valence-electron chi connectivity index (χ3n) is 4.19. The van der Waals surface area contributed by atoms with Crippen molar-refractivity contribution in [1.82, 2.24) is 10.1 Å². The van der Waals surface area contributed by atoms with Crippen LogP contribution in [0.5, 0.6) is 0 Å². The summed E-state index contributed by atoms with van der Waals surface area (Å²) in [4.78, 5) is 26.8. The number of piperidine rings is 1. The number of hydrogen-bond donors (Lipinski definition) is 1. The predicted molar refractivity (Wildman–Crippen MR) is 89.9 cm³/mol. The first kappa shape index (κ1) is 16.2. The zero-order valence-corrected chi connectivity index (χ0v) is 13.9. The number of anilines is 1. The number of benzene rings is 1. The molecule has 1 saturated heterocycles. The van der Waals surface area contributed by atoms with Gasteiger partial charge in [-0.2, -0.15) is 0 Å². The van der Waals surface area contributed by atoms with Crippen LogP contribution < -0.4 is 5.32 Å². The molecule has 2 amide bonds. The van der Waals surface area contributed by atoms with Crippen LogP contribution in [-0.4, -0.2) is 35.0 Å². The van der Waals surface area contributed by atoms with E-state index < -0.39 is 0 Å². The van der Waals surface area contributed by atoms with Crippen LogP contribution in [-0.2, 0) is 0 Å². The third kappa shape index (κ3) is 3.64. The average molecular weight is 327 g/mol. The molecule has 0 aliphatic carbocycles. The molecule has 1 aliphatic heterocycles. The molecule has 1 unspecified atom stereocenters. The van der Waals surface area contributed by atoms with E-state index in [9.17, 15) is 9.59 Å². The number of nitrogens with one attached hydrogen (secondary N) is 1. The summed E-state index contributed by atoms with van der Waals surface area (Å²) < 4.78 is 4.93. The summed E-state index contributed by atoms with van der Waals surface area (Å²) in [5, 5.41) is 6.40. The monoisotopic (exact) mass is 327 g/mol. The van der Waals surface area contributed by atoms with Crippen LogP contribution >= 0.6 is 0 Å². The maximum Gasteiger partial charge on any atom is 0.256 e. The molecule has 2 heterocycles. The van der Waals surface area contributed by atoms with Crippen molar-refractivity contribution in [3.8, 4) is 0 Å². The molecule has 1 atom stereocenters. The smallest absolute Gasteiger partial charge is 0.256 e. The zero-order valence-electron chi connectivity index (χ0n) is 13.9. The Kier molecular flexibility index (Phi) is 4.64. The lowest BCUT2D eigenvalue weighted by Crippen LogP contribution is -2.39. The second-order valence-electron chi connectivity index (χ2n) is 6.36. The van der Waals surface area contributed by atoms with E-state index in [1.54, 1.807) is 37.3 Å². The average Bonchev–Trinajstić information content (AvgIpc) is 2.99. The number of hydrogen-bond acceptors (Lipinski definition) is 4. The van der Waals surface area contributed by atoms with Gasteiger partial charge in [-0.1, -0.05) is 18.1 Å². The number of amides is 2. The van der Waals surface area contributed by atoms with E-state index in [-0.39, 0.29) is 11.8 Å². The summed E-state index contributed by atoms with van der Waals surface area (Å²) in [7, 11) is 0. The molecule has 1 N–H and O–H groups in total. The van der Waals surface area contributed by atoms with E-state index in [2.05, 4.69) is 17.4 Å². The quantitative estimate of drug-likeness (QED) is 0.940. The molecule has 0 radical (unpaired) electrons. The maximum atomic E-state index is 12.6. The van der Waals surface area contributed by atoms with Gasteiger partial charge in [0.1, 0.15) is 5.76 Å². The molecule has 1 aliphatic rings. The summed E-state index contributed by atoms with van der Waals surface area (Å²) in [6, 6.07) is 8.42. The Hall–Kier alpha value is -2.63. The first-order chi connectivity index (χ1) is 11.5. The molecule has 2 aromatic rings. The van der Waals surface area contributed by atoms with Gasteiger partial charge in [0.15, 0.2) is 5.82 Å². The van der Waals surface area contributed by atoms with Gasteiger partial charge in [-0.25, -0.2) is 0 Å². The number of likely N-dealkylation sites (tertiary alicyclic amines) is 1. The molecule has 1 aromatic heterocycles. The lowest BCUT2D eigenvalue weighted by molar-refractivity contribution is 0.0683. The molecule has 24 heavy (non-hydrogen) atoms. The van der Waals surface area contributed by atoms with Gasteiger partial charge >= 0.3 is 0 Å². The highest BCUT2D eigenvalue weighted by molar-refractivity contribution is 6.05. The van der Waals surface area contributed by atoms with Crippen molar-refractivity contribution >= 4 is 17.6 Å². The molecule has 3 rings (SSSR count). The molecular formula is C18H21N3O3. The maximum absolute atomic E-state index is 12.6. The summed E-state index contributed by atoms with van der Waals surface area (Å²) in [6.07, 6.45) is 2.18. The minimum atomic E-state index is -0.315. The normalized spacial score (nSPS) is 17.6. The minimum absolute atomic E-state index is 0.0199. The summed E-state index contributed by atoms with van der Waals surface area (Å²) in [5.74, 6) is 1.16. The van der Waals surface area contributed by atoms with Crippen LogP contribution in [0, 0.1) is 12.8 Å². The fourth-order valence-corrected chi connectivity index (χ4v) is 2.96. The number of aromatic nitrogens is 1. The highest BCUT2D eigenvalue weighted by Gasteiger charge is 2.22. The van der Waals surface area contributed by atoms with Crippen LogP contribution in [0.1, 0.15) is 46.2 Å². The van der Waals surface area contributed by atoms with Crippen LogP contribution in [0.25, 0.3) is 0 Å². The zero-order chi connectivity index (χ0) is 17.1. The van der Waals surface area contributed by atoms with E-state index in [0.29, 0.717) is 28.6 Å². The molecule has 1 fully saturated rings. The van der Waals surface area contributed by atoms with Crippen molar-refractivity contribution in [2.45, 2.75) is 26.7 Å². The second-order valence-corrected chi connectivity index (χ2v) is 6.36. The first-order valence-electron chi connectivity index (χ1n) is 8.17. The van der Waals surface area contributed by atoms with Gasteiger partial charge in [0.25, 0.3) is 11.8 Å². The van der Waals surface area contributed by atoms with Gasteiger partial charge in [-0.15, -0.1) is 0 Å². The van der Waals surface area contributed by atoms with Crippen molar-refractivity contribution in [3.63, 3.8) is 0 Å². The van der Waals surface area contributed by atoms with Crippen LogP contribution in [0.15, 0.2) is 34.9 Å². The largest absolute Gasteiger partial charge is 0.360 e. The second kappa shape index (κ2) is 6.86. The van der Waals surface area contributed by atoms with E-state index in [1.165, 1.54) is 0 Å². The Morgan fingerprint density at radius 3 is 2.79 bits per heavy atom. The molecule has 126 valence electrons. The predicted octanol–water partition coefficient (Wildman–Crippen LogP) is 3.11. The fourth-order valence-electron chi connectivity index (χ4n) is 2.96. The Labute approximate surface area is 140 Å². The summed E-state index contributed by atoms with van der Waals surface area (Å²) in [5.41, 5.74) is 0.958. The van der Waals surface area contributed by atoms with E-state index in [4.69, 9.17) is 4.52 Å². The van der Waals surface area contributed by atoms with Crippen molar-refractivity contribution in [2.75, 3.05) is 18.4 Å². The van der Waals surface area contributed by atoms with Crippen LogP contribution in [0.4, 0.5) is 5.82 Å². The van der Waals surface area contributed by atoms with Gasteiger partial charge < -0.3 is 14.7 Å². The molecular weight excluding hydrogens is 306 g/mol.